The van der Waals surface area contributed by atoms with E-state index in [1.807, 2.05) is 0 Å². The van der Waals surface area contributed by atoms with Gasteiger partial charge in [0.1, 0.15) is 6.61 Å². The van der Waals surface area contributed by atoms with Crippen molar-refractivity contribution >= 4 is 28.8 Å². The molecule has 0 aromatic rings. The van der Waals surface area contributed by atoms with Crippen LogP contribution in [-0.2, 0) is 4.79 Å². The van der Waals surface area contributed by atoms with E-state index in [4.69, 9.17) is 5.11 Å². The number of nitrogens with zero attached hydrogens (tertiary/aromatic N) is 1. The Labute approximate surface area is 55.8 Å². The van der Waals surface area contributed by atoms with Crippen molar-refractivity contribution in [1.29, 1.82) is 0 Å². The van der Waals surface area contributed by atoms with E-state index in [0.29, 0.717) is 0 Å². The standard InChI is InChI=1S/C3H6INO2/c1-5(4)3(7)2-6/h6H,2H2,1H3. The third kappa shape index (κ3) is 2.81. The first kappa shape index (κ1) is 7.16. The molecule has 0 aromatic heterocycles. The Morgan fingerprint density at radius 2 is 2.43 bits per heavy atom. The molecule has 1 N–H and O–H groups in total. The van der Waals surface area contributed by atoms with Gasteiger partial charge in [0.15, 0.2) is 0 Å². The average molecular weight is 215 g/mol. The molecule has 0 rings (SSSR count). The van der Waals surface area contributed by atoms with Gasteiger partial charge in [0.2, 0.25) is 0 Å². The molecular formula is C3H6INO2. The van der Waals surface area contributed by atoms with Crippen molar-refractivity contribution in [3.8, 4) is 0 Å². The minimum Gasteiger partial charge on any atom is -0.387 e. The fourth-order valence-corrected chi connectivity index (χ4v) is 0.250. The van der Waals surface area contributed by atoms with Gasteiger partial charge in [0.25, 0.3) is 5.91 Å². The third-order valence-corrected chi connectivity index (χ3v) is 1.02. The maximum absolute atomic E-state index is 10.2. The van der Waals surface area contributed by atoms with Crippen LogP contribution >= 0.6 is 22.9 Å². The highest BCUT2D eigenvalue weighted by Crippen LogP contribution is 1.90. The normalized spacial score (nSPS) is 8.43. The summed E-state index contributed by atoms with van der Waals surface area (Å²) in [4.78, 5) is 10.2. The summed E-state index contributed by atoms with van der Waals surface area (Å²) in [5, 5.41) is 8.11. The quantitative estimate of drug-likeness (QED) is 0.485. The van der Waals surface area contributed by atoms with Gasteiger partial charge < -0.3 is 5.11 Å². The van der Waals surface area contributed by atoms with Crippen molar-refractivity contribution in [2.24, 2.45) is 0 Å². The molecule has 0 bridgehead atoms. The van der Waals surface area contributed by atoms with E-state index in [1.165, 1.54) is 3.11 Å². The average Bonchev–Trinajstić information content (AvgIpc) is 1.65. The number of aliphatic hydroxyl groups excluding tert-OH is 1. The van der Waals surface area contributed by atoms with Crippen LogP contribution in [0.5, 0.6) is 0 Å². The first-order valence-corrected chi connectivity index (χ1v) is 2.68. The molecule has 0 heterocycles. The fraction of sp³-hybridized carbons (Fsp3) is 0.667. The third-order valence-electron chi connectivity index (χ3n) is 0.479. The number of carbonyl (C=O) groups is 1. The Hall–Kier alpha value is 0.160. The minimum absolute atomic E-state index is 0.277. The van der Waals surface area contributed by atoms with Crippen LogP contribution in [0, 0.1) is 0 Å². The molecule has 0 aliphatic heterocycles. The van der Waals surface area contributed by atoms with Crippen LogP contribution in [0.4, 0.5) is 0 Å². The lowest BCUT2D eigenvalue weighted by Gasteiger charge is -2.01. The molecule has 0 saturated carbocycles. The van der Waals surface area contributed by atoms with Crippen molar-refractivity contribution in [2.75, 3.05) is 13.7 Å². The topological polar surface area (TPSA) is 40.5 Å². The summed E-state index contributed by atoms with van der Waals surface area (Å²) in [7, 11) is 1.58. The SMILES string of the molecule is CN(I)C(=O)CO. The van der Waals surface area contributed by atoms with E-state index in [9.17, 15) is 4.79 Å². The molecule has 4 heteroatoms. The van der Waals surface area contributed by atoms with E-state index in [1.54, 1.807) is 29.9 Å². The van der Waals surface area contributed by atoms with Crippen LogP contribution in [0.3, 0.4) is 0 Å². The van der Waals surface area contributed by atoms with Crippen LogP contribution in [0.25, 0.3) is 0 Å². The highest BCUT2D eigenvalue weighted by atomic mass is 127. The Morgan fingerprint density at radius 1 is 2.00 bits per heavy atom. The summed E-state index contributed by atoms with van der Waals surface area (Å²) in [6.45, 7) is -0.403. The van der Waals surface area contributed by atoms with Crippen molar-refractivity contribution in [3.63, 3.8) is 0 Å². The smallest absolute Gasteiger partial charge is 0.256 e. The summed E-state index contributed by atoms with van der Waals surface area (Å²) >= 11 is 1.79. The first-order valence-electron chi connectivity index (χ1n) is 1.71. The molecule has 42 valence electrons. The molecule has 0 saturated heterocycles. The Bertz CT molecular complexity index is 73.3. The number of hydrogen-bond donors (Lipinski definition) is 1. The zero-order valence-corrected chi connectivity index (χ0v) is 6.05. The number of rotatable bonds is 1. The molecule has 0 radical (unpaired) electrons. The van der Waals surface area contributed by atoms with Gasteiger partial charge in [-0.15, -0.1) is 0 Å². The maximum atomic E-state index is 10.2. The zero-order valence-electron chi connectivity index (χ0n) is 3.89. The number of hydrogen-bond acceptors (Lipinski definition) is 2. The monoisotopic (exact) mass is 215 g/mol. The van der Waals surface area contributed by atoms with Gasteiger partial charge in [-0.25, -0.2) is 0 Å². The molecule has 0 unspecified atom stereocenters. The Kier molecular flexibility index (Phi) is 3.27. The lowest BCUT2D eigenvalue weighted by Crippen LogP contribution is -2.18. The Balaban J connectivity index is 3.35. The summed E-state index contributed by atoms with van der Waals surface area (Å²) in [5.74, 6) is -0.277. The van der Waals surface area contributed by atoms with Crippen LogP contribution in [-0.4, -0.2) is 27.8 Å². The first-order chi connectivity index (χ1) is 3.18. The molecule has 7 heavy (non-hydrogen) atoms. The van der Waals surface area contributed by atoms with Crippen molar-refractivity contribution in [1.82, 2.24) is 3.11 Å². The second-order valence-corrected chi connectivity index (χ2v) is 2.48. The lowest BCUT2D eigenvalue weighted by atomic mass is 10.7. The van der Waals surface area contributed by atoms with Crippen LogP contribution in [0.2, 0.25) is 0 Å². The van der Waals surface area contributed by atoms with Crippen LogP contribution in [0.1, 0.15) is 0 Å². The van der Waals surface area contributed by atoms with Crippen molar-refractivity contribution in [3.05, 3.63) is 0 Å². The van der Waals surface area contributed by atoms with Gasteiger partial charge in [-0.2, -0.15) is 0 Å². The second kappa shape index (κ2) is 3.20. The fourth-order valence-electron chi connectivity index (χ4n) is 0.0974. The van der Waals surface area contributed by atoms with Gasteiger partial charge in [-0.1, -0.05) is 0 Å². The van der Waals surface area contributed by atoms with Gasteiger partial charge in [0, 0.05) is 7.05 Å². The summed E-state index contributed by atoms with van der Waals surface area (Å²) in [6.07, 6.45) is 0. The number of likely N-dealkylation sites (N-methyl/N-ethyl adjacent to an activating group) is 1. The molecule has 3 nitrogen and oxygen atoms in total. The van der Waals surface area contributed by atoms with Crippen molar-refractivity contribution in [2.45, 2.75) is 0 Å². The largest absolute Gasteiger partial charge is 0.387 e. The molecule has 0 spiro atoms. The molecule has 0 aliphatic carbocycles. The van der Waals surface area contributed by atoms with Gasteiger partial charge >= 0.3 is 0 Å². The molecule has 0 aromatic carbocycles. The van der Waals surface area contributed by atoms with E-state index in [2.05, 4.69) is 0 Å². The molecule has 0 atom stereocenters. The van der Waals surface area contributed by atoms with Crippen LogP contribution < -0.4 is 0 Å². The second-order valence-electron chi connectivity index (χ2n) is 1.03. The molecular weight excluding hydrogens is 209 g/mol. The summed E-state index contributed by atoms with van der Waals surface area (Å²) in [6, 6.07) is 0. The summed E-state index contributed by atoms with van der Waals surface area (Å²) < 4.78 is 1.30. The van der Waals surface area contributed by atoms with E-state index in [-0.39, 0.29) is 5.91 Å². The van der Waals surface area contributed by atoms with Crippen LogP contribution in [0.15, 0.2) is 0 Å². The van der Waals surface area contributed by atoms with Crippen molar-refractivity contribution < 1.29 is 9.90 Å². The number of amides is 1. The minimum atomic E-state index is -0.403. The molecule has 1 amide bonds. The van der Waals surface area contributed by atoms with E-state index >= 15 is 0 Å². The zero-order chi connectivity index (χ0) is 5.86. The van der Waals surface area contributed by atoms with Gasteiger partial charge in [0.05, 0.1) is 22.9 Å². The Morgan fingerprint density at radius 3 is 2.43 bits per heavy atom. The highest BCUT2D eigenvalue weighted by molar-refractivity contribution is 14.1. The lowest BCUT2D eigenvalue weighted by molar-refractivity contribution is -0.127. The van der Waals surface area contributed by atoms with Gasteiger partial charge in [-0.3, -0.25) is 7.91 Å². The van der Waals surface area contributed by atoms with E-state index in [0.717, 1.165) is 0 Å². The number of halogens is 1. The highest BCUT2D eigenvalue weighted by Gasteiger charge is 1.98. The predicted octanol–water partition coefficient (Wildman–Crippen LogP) is -0.213. The molecule has 0 aliphatic rings. The predicted molar refractivity (Wildman–Crippen MR) is 33.9 cm³/mol. The summed E-state index contributed by atoms with van der Waals surface area (Å²) in [5.41, 5.74) is 0. The van der Waals surface area contributed by atoms with Gasteiger partial charge in [-0.05, 0) is 0 Å². The van der Waals surface area contributed by atoms with E-state index < -0.39 is 6.61 Å². The number of carbonyl (C=O) groups excluding carboxylic acids is 1. The number of aliphatic hydroxyl groups is 1. The molecule has 0 fully saturated rings. The maximum Gasteiger partial charge on any atom is 0.256 e.